The topological polar surface area (TPSA) is 81.4 Å². The van der Waals surface area contributed by atoms with Crippen molar-refractivity contribution in [2.24, 2.45) is 0 Å². The summed E-state index contributed by atoms with van der Waals surface area (Å²) in [6.07, 6.45) is 0. The van der Waals surface area contributed by atoms with Crippen LogP contribution >= 0.6 is 35.0 Å². The molecule has 0 aliphatic rings. The van der Waals surface area contributed by atoms with Gasteiger partial charge in [0.1, 0.15) is 6.54 Å². The Morgan fingerprint density at radius 1 is 1.38 bits per heavy atom. The van der Waals surface area contributed by atoms with E-state index in [9.17, 15) is 9.59 Å². The third kappa shape index (κ3) is 3.61. The number of aromatic nitrogens is 2. The second-order valence-corrected chi connectivity index (χ2v) is 5.75. The number of hydrogen-bond acceptors (Lipinski definition) is 5. The van der Waals surface area contributed by atoms with Gasteiger partial charge >= 0.3 is 11.9 Å². The van der Waals surface area contributed by atoms with Gasteiger partial charge < -0.3 is 14.4 Å². The van der Waals surface area contributed by atoms with E-state index in [1.807, 2.05) is 0 Å². The minimum absolute atomic E-state index is 0.0904. The van der Waals surface area contributed by atoms with Crippen molar-refractivity contribution in [3.05, 3.63) is 22.2 Å². The maximum atomic E-state index is 11.5. The van der Waals surface area contributed by atoms with Crippen LogP contribution in [0.25, 0.3) is 11.0 Å². The van der Waals surface area contributed by atoms with E-state index in [0.717, 1.165) is 11.8 Å². The quantitative estimate of drug-likeness (QED) is 0.660. The summed E-state index contributed by atoms with van der Waals surface area (Å²) in [5.74, 6) is -1.63. The van der Waals surface area contributed by atoms with Crippen molar-refractivity contribution >= 4 is 57.9 Å². The Labute approximate surface area is 134 Å². The molecule has 2 aromatic rings. The van der Waals surface area contributed by atoms with Crippen LogP contribution in [0.1, 0.15) is 0 Å². The molecule has 0 atom stereocenters. The van der Waals surface area contributed by atoms with Crippen LogP contribution < -0.4 is 0 Å². The van der Waals surface area contributed by atoms with Gasteiger partial charge in [-0.2, -0.15) is 0 Å². The molecule has 21 heavy (non-hydrogen) atoms. The lowest BCUT2D eigenvalue weighted by atomic mass is 10.3. The molecule has 0 radical (unpaired) electrons. The van der Waals surface area contributed by atoms with Gasteiger partial charge in [-0.15, -0.1) is 0 Å². The molecule has 0 aliphatic carbocycles. The van der Waals surface area contributed by atoms with E-state index < -0.39 is 11.9 Å². The molecule has 6 nitrogen and oxygen atoms in total. The number of carboxylic acid groups (broad SMARTS) is 1. The van der Waals surface area contributed by atoms with E-state index >= 15 is 0 Å². The van der Waals surface area contributed by atoms with Gasteiger partial charge in [-0.25, -0.2) is 4.98 Å². The fourth-order valence-electron chi connectivity index (χ4n) is 1.68. The van der Waals surface area contributed by atoms with Crippen LogP contribution in [0.15, 0.2) is 17.3 Å². The average molecular weight is 349 g/mol. The Bertz CT molecular complexity index is 717. The van der Waals surface area contributed by atoms with Crippen LogP contribution in [0.3, 0.4) is 0 Å². The summed E-state index contributed by atoms with van der Waals surface area (Å²) >= 11 is 12.9. The Morgan fingerprint density at radius 3 is 2.67 bits per heavy atom. The summed E-state index contributed by atoms with van der Waals surface area (Å²) in [6.45, 7) is -0.0904. The zero-order valence-corrected chi connectivity index (χ0v) is 13.1. The molecule has 112 valence electrons. The number of rotatable bonds is 5. The summed E-state index contributed by atoms with van der Waals surface area (Å²) in [5, 5.41) is 9.81. The fraction of sp³-hybridized carbons (Fsp3) is 0.250. The molecule has 0 fully saturated rings. The number of carboxylic acids is 1. The first-order valence-corrected chi connectivity index (χ1v) is 7.43. The monoisotopic (exact) mass is 348 g/mol. The smallest absolute Gasteiger partial charge is 0.325 e. The first kappa shape index (κ1) is 15.9. The van der Waals surface area contributed by atoms with E-state index in [0.29, 0.717) is 26.2 Å². The number of fused-ring (bicyclic) bond motifs is 1. The molecule has 0 saturated carbocycles. The molecular weight excluding hydrogens is 339 g/mol. The molecule has 0 bridgehead atoms. The Morgan fingerprint density at radius 2 is 2.05 bits per heavy atom. The van der Waals surface area contributed by atoms with Crippen molar-refractivity contribution in [1.82, 2.24) is 9.55 Å². The number of benzene rings is 1. The Balaban J connectivity index is 2.51. The van der Waals surface area contributed by atoms with Crippen LogP contribution in [-0.4, -0.2) is 39.5 Å². The number of hydrogen-bond donors (Lipinski definition) is 1. The minimum atomic E-state index is -0.979. The first-order valence-electron chi connectivity index (χ1n) is 5.69. The number of carbonyl (C=O) groups is 2. The van der Waals surface area contributed by atoms with Gasteiger partial charge in [-0.1, -0.05) is 35.0 Å². The van der Waals surface area contributed by atoms with Gasteiger partial charge in [-0.3, -0.25) is 9.59 Å². The van der Waals surface area contributed by atoms with Crippen LogP contribution in [0.5, 0.6) is 0 Å². The lowest BCUT2D eigenvalue weighted by molar-refractivity contribution is -0.141. The Kier molecular flexibility index (Phi) is 4.97. The largest absolute Gasteiger partial charge is 0.481 e. The maximum Gasteiger partial charge on any atom is 0.325 e. The number of nitrogens with zero attached hydrogens (tertiary/aromatic N) is 2. The molecule has 1 heterocycles. The molecule has 0 amide bonds. The molecule has 9 heteroatoms. The van der Waals surface area contributed by atoms with Crippen LogP contribution in [0.2, 0.25) is 10.0 Å². The molecule has 0 unspecified atom stereocenters. The van der Waals surface area contributed by atoms with E-state index in [1.54, 1.807) is 16.7 Å². The number of imidazole rings is 1. The van der Waals surface area contributed by atoms with Gasteiger partial charge in [-0.05, 0) is 12.1 Å². The second kappa shape index (κ2) is 6.55. The van der Waals surface area contributed by atoms with Crippen molar-refractivity contribution in [2.75, 3.05) is 12.9 Å². The highest BCUT2D eigenvalue weighted by Crippen LogP contribution is 2.31. The van der Waals surface area contributed by atoms with E-state index in [4.69, 9.17) is 28.3 Å². The number of esters is 1. The third-order valence-corrected chi connectivity index (χ3v) is 4.28. The average Bonchev–Trinajstić information content (AvgIpc) is 2.74. The van der Waals surface area contributed by atoms with Gasteiger partial charge in [0.15, 0.2) is 5.16 Å². The standard InChI is InChI=1S/C12H10Cl2N2O4S/c1-20-11(19)4-16-9-3-7(14)6(13)2-8(9)15-12(16)21-5-10(17)18/h2-3H,4-5H2,1H3,(H,17,18). The van der Waals surface area contributed by atoms with Crippen molar-refractivity contribution < 1.29 is 19.4 Å². The summed E-state index contributed by atoms with van der Waals surface area (Å²) < 4.78 is 6.19. The summed E-state index contributed by atoms with van der Waals surface area (Å²) in [6, 6.07) is 3.15. The van der Waals surface area contributed by atoms with Crippen molar-refractivity contribution in [3.63, 3.8) is 0 Å². The minimum Gasteiger partial charge on any atom is -0.481 e. The number of thioether (sulfide) groups is 1. The maximum absolute atomic E-state index is 11.5. The summed E-state index contributed by atoms with van der Waals surface area (Å²) in [5.41, 5.74) is 1.11. The number of ether oxygens (including phenoxy) is 1. The van der Waals surface area contributed by atoms with Gasteiger partial charge in [0.05, 0.1) is 33.9 Å². The van der Waals surface area contributed by atoms with Crippen molar-refractivity contribution in [2.45, 2.75) is 11.7 Å². The molecule has 0 aliphatic heterocycles. The highest BCUT2D eigenvalue weighted by atomic mass is 35.5. The van der Waals surface area contributed by atoms with E-state index in [1.165, 1.54) is 7.11 Å². The lowest BCUT2D eigenvalue weighted by Gasteiger charge is -2.07. The second-order valence-electron chi connectivity index (χ2n) is 3.99. The molecule has 2 rings (SSSR count). The zero-order valence-electron chi connectivity index (χ0n) is 10.8. The predicted octanol–water partition coefficient (Wildman–Crippen LogP) is 2.69. The fourth-order valence-corrected chi connectivity index (χ4v) is 2.73. The van der Waals surface area contributed by atoms with E-state index in [-0.39, 0.29) is 12.3 Å². The molecule has 0 saturated heterocycles. The number of halogens is 2. The lowest BCUT2D eigenvalue weighted by Crippen LogP contribution is -2.13. The molecule has 1 aromatic heterocycles. The summed E-state index contributed by atoms with van der Waals surface area (Å²) in [4.78, 5) is 26.5. The number of methoxy groups -OCH3 is 1. The molecular formula is C12H10Cl2N2O4S. The van der Waals surface area contributed by atoms with Gasteiger partial charge in [0, 0.05) is 0 Å². The highest BCUT2D eigenvalue weighted by Gasteiger charge is 2.17. The van der Waals surface area contributed by atoms with Crippen molar-refractivity contribution in [1.29, 1.82) is 0 Å². The third-order valence-electron chi connectivity index (χ3n) is 2.59. The normalized spacial score (nSPS) is 10.8. The van der Waals surface area contributed by atoms with Gasteiger partial charge in [0.2, 0.25) is 0 Å². The summed E-state index contributed by atoms with van der Waals surface area (Å²) in [7, 11) is 1.27. The number of aliphatic carboxylic acids is 1. The van der Waals surface area contributed by atoms with Crippen molar-refractivity contribution in [3.8, 4) is 0 Å². The molecule has 1 aromatic carbocycles. The van der Waals surface area contributed by atoms with Crippen LogP contribution in [-0.2, 0) is 20.9 Å². The first-order chi connectivity index (χ1) is 9.92. The zero-order chi connectivity index (χ0) is 15.6. The highest BCUT2D eigenvalue weighted by molar-refractivity contribution is 7.99. The SMILES string of the molecule is COC(=O)Cn1c(SCC(=O)O)nc2cc(Cl)c(Cl)cc21. The Hall–Kier alpha value is -1.44. The van der Waals surface area contributed by atoms with E-state index in [2.05, 4.69) is 9.72 Å². The number of carbonyl (C=O) groups excluding carboxylic acids is 1. The molecule has 0 spiro atoms. The molecule has 1 N–H and O–H groups in total. The van der Waals surface area contributed by atoms with Gasteiger partial charge in [0.25, 0.3) is 0 Å². The van der Waals surface area contributed by atoms with Crippen LogP contribution in [0, 0.1) is 0 Å². The predicted molar refractivity (Wildman–Crippen MR) is 80.1 cm³/mol. The van der Waals surface area contributed by atoms with Crippen LogP contribution in [0.4, 0.5) is 0 Å².